The molecule has 1 aromatic carbocycles. The highest BCUT2D eigenvalue weighted by atomic mass is 32.2. The van der Waals surface area contributed by atoms with Gasteiger partial charge in [0.15, 0.2) is 0 Å². The van der Waals surface area contributed by atoms with Gasteiger partial charge in [-0.3, -0.25) is 4.79 Å². The number of thioether (sulfide) groups is 1. The molecular weight excluding hydrogens is 286 g/mol. The number of hydrogen-bond donors (Lipinski definition) is 1. The van der Waals surface area contributed by atoms with Crippen LogP contribution in [-0.4, -0.2) is 27.9 Å². The van der Waals surface area contributed by atoms with Crippen molar-refractivity contribution < 1.29 is 9.21 Å². The second-order valence-electron chi connectivity index (χ2n) is 5.14. The molecule has 0 radical (unpaired) electrons. The molecule has 0 saturated carbocycles. The van der Waals surface area contributed by atoms with Crippen molar-refractivity contribution >= 4 is 17.7 Å². The molecule has 0 aliphatic rings. The van der Waals surface area contributed by atoms with Crippen LogP contribution in [-0.2, 0) is 4.79 Å². The van der Waals surface area contributed by atoms with Crippen molar-refractivity contribution in [3.63, 3.8) is 0 Å². The van der Waals surface area contributed by atoms with Crippen LogP contribution in [0.5, 0.6) is 0 Å². The van der Waals surface area contributed by atoms with E-state index < -0.39 is 0 Å². The van der Waals surface area contributed by atoms with Crippen LogP contribution in [0.3, 0.4) is 0 Å². The third-order valence-electron chi connectivity index (χ3n) is 2.76. The van der Waals surface area contributed by atoms with Crippen molar-refractivity contribution in [2.75, 3.05) is 6.54 Å². The molecule has 1 amide bonds. The Bertz CT molecular complexity index is 584. The van der Waals surface area contributed by atoms with Crippen molar-refractivity contribution in [2.24, 2.45) is 5.92 Å². The van der Waals surface area contributed by atoms with Gasteiger partial charge in [0.2, 0.25) is 11.8 Å². The minimum absolute atomic E-state index is 0.0202. The van der Waals surface area contributed by atoms with Crippen LogP contribution in [0.25, 0.3) is 11.5 Å². The lowest BCUT2D eigenvalue weighted by Gasteiger charge is -2.11. The number of nitrogens with zero attached hydrogens (tertiary/aromatic N) is 2. The zero-order valence-electron chi connectivity index (χ0n) is 12.4. The molecule has 0 saturated heterocycles. The van der Waals surface area contributed by atoms with Gasteiger partial charge < -0.3 is 9.73 Å². The predicted molar refractivity (Wildman–Crippen MR) is 82.9 cm³/mol. The van der Waals surface area contributed by atoms with Crippen LogP contribution in [0, 0.1) is 5.92 Å². The van der Waals surface area contributed by atoms with Crippen LogP contribution < -0.4 is 5.32 Å². The van der Waals surface area contributed by atoms with Crippen LogP contribution in [0.4, 0.5) is 0 Å². The van der Waals surface area contributed by atoms with E-state index in [1.54, 1.807) is 0 Å². The summed E-state index contributed by atoms with van der Waals surface area (Å²) in [7, 11) is 0. The zero-order valence-corrected chi connectivity index (χ0v) is 13.2. The largest absolute Gasteiger partial charge is 0.411 e. The zero-order chi connectivity index (χ0) is 15.2. The molecule has 1 aromatic heterocycles. The van der Waals surface area contributed by atoms with Gasteiger partial charge in [0, 0.05) is 12.1 Å². The summed E-state index contributed by atoms with van der Waals surface area (Å²) in [6.07, 6.45) is 0. The van der Waals surface area contributed by atoms with Crippen molar-refractivity contribution in [1.29, 1.82) is 0 Å². The Morgan fingerprint density at radius 2 is 1.95 bits per heavy atom. The fourth-order valence-corrected chi connectivity index (χ4v) is 2.32. The van der Waals surface area contributed by atoms with Gasteiger partial charge in [-0.15, -0.1) is 10.2 Å². The predicted octanol–water partition coefficient (Wildman–Crippen LogP) is 2.99. The molecule has 0 bridgehead atoms. The molecule has 21 heavy (non-hydrogen) atoms. The summed E-state index contributed by atoms with van der Waals surface area (Å²) in [5, 5.41) is 11.0. The van der Waals surface area contributed by atoms with Crippen molar-refractivity contribution in [3.05, 3.63) is 30.3 Å². The number of rotatable bonds is 6. The average molecular weight is 305 g/mol. The maximum atomic E-state index is 11.9. The molecule has 2 aromatic rings. The normalized spacial score (nSPS) is 12.4. The number of amides is 1. The number of nitrogens with one attached hydrogen (secondary N) is 1. The quantitative estimate of drug-likeness (QED) is 0.831. The maximum absolute atomic E-state index is 11.9. The number of benzene rings is 1. The number of aromatic nitrogens is 2. The van der Waals surface area contributed by atoms with E-state index in [-0.39, 0.29) is 11.2 Å². The van der Waals surface area contributed by atoms with E-state index in [2.05, 4.69) is 29.4 Å². The van der Waals surface area contributed by atoms with E-state index in [9.17, 15) is 4.79 Å². The summed E-state index contributed by atoms with van der Waals surface area (Å²) in [6.45, 7) is 6.61. The molecule has 5 nitrogen and oxygen atoms in total. The van der Waals surface area contributed by atoms with Crippen molar-refractivity contribution in [2.45, 2.75) is 31.2 Å². The number of carbonyl (C=O) groups is 1. The van der Waals surface area contributed by atoms with Gasteiger partial charge in [-0.1, -0.05) is 43.8 Å². The molecule has 0 unspecified atom stereocenters. The third-order valence-corrected chi connectivity index (χ3v) is 3.69. The van der Waals surface area contributed by atoms with Gasteiger partial charge in [0.05, 0.1) is 5.25 Å². The average Bonchev–Trinajstić information content (AvgIpc) is 2.94. The van der Waals surface area contributed by atoms with Gasteiger partial charge in [0.1, 0.15) is 0 Å². The smallest absolute Gasteiger partial charge is 0.277 e. The van der Waals surface area contributed by atoms with Gasteiger partial charge in [-0.05, 0) is 25.0 Å². The first-order chi connectivity index (χ1) is 10.1. The Hall–Kier alpha value is -1.82. The van der Waals surface area contributed by atoms with Gasteiger partial charge in [-0.25, -0.2) is 0 Å². The molecule has 0 spiro atoms. The Morgan fingerprint density at radius 3 is 2.62 bits per heavy atom. The first kappa shape index (κ1) is 15.6. The number of hydrogen-bond acceptors (Lipinski definition) is 5. The van der Waals surface area contributed by atoms with Gasteiger partial charge in [0.25, 0.3) is 5.22 Å². The Morgan fingerprint density at radius 1 is 1.24 bits per heavy atom. The monoisotopic (exact) mass is 305 g/mol. The van der Waals surface area contributed by atoms with E-state index in [1.807, 2.05) is 37.3 Å². The minimum Gasteiger partial charge on any atom is -0.411 e. The molecule has 6 heteroatoms. The lowest BCUT2D eigenvalue weighted by molar-refractivity contribution is -0.120. The standard InChI is InChI=1S/C15H19N3O2S/c1-10(2)9-16-13(19)11(3)21-15-18-17-14(20-15)12-7-5-4-6-8-12/h4-8,10-11H,9H2,1-3H3,(H,16,19)/t11-/m1/s1. The van der Waals surface area contributed by atoms with E-state index >= 15 is 0 Å². The first-order valence-corrected chi connectivity index (χ1v) is 7.77. The van der Waals surface area contributed by atoms with Crippen molar-refractivity contribution in [3.8, 4) is 11.5 Å². The molecule has 2 rings (SSSR count). The molecule has 0 aliphatic carbocycles. The lowest BCUT2D eigenvalue weighted by Crippen LogP contribution is -2.33. The fraction of sp³-hybridized carbons (Fsp3) is 0.400. The Kier molecular flexibility index (Phi) is 5.38. The minimum atomic E-state index is -0.271. The number of carbonyl (C=O) groups excluding carboxylic acids is 1. The molecule has 1 N–H and O–H groups in total. The summed E-state index contributed by atoms with van der Waals surface area (Å²) in [6, 6.07) is 9.56. The topological polar surface area (TPSA) is 68.0 Å². The van der Waals surface area contributed by atoms with E-state index in [4.69, 9.17) is 4.42 Å². The van der Waals surface area contributed by atoms with Gasteiger partial charge >= 0.3 is 0 Å². The van der Waals surface area contributed by atoms with Crippen LogP contribution in [0.1, 0.15) is 20.8 Å². The maximum Gasteiger partial charge on any atom is 0.277 e. The van der Waals surface area contributed by atoms with Gasteiger partial charge in [-0.2, -0.15) is 0 Å². The van der Waals surface area contributed by atoms with E-state index in [0.29, 0.717) is 23.6 Å². The summed E-state index contributed by atoms with van der Waals surface area (Å²) in [5.74, 6) is 0.875. The summed E-state index contributed by atoms with van der Waals surface area (Å²) in [5.41, 5.74) is 0.869. The Labute approximate surface area is 128 Å². The fourth-order valence-electron chi connectivity index (χ4n) is 1.61. The SMILES string of the molecule is CC(C)CNC(=O)[C@@H](C)Sc1nnc(-c2ccccc2)o1. The molecule has 1 heterocycles. The summed E-state index contributed by atoms with van der Waals surface area (Å²) >= 11 is 1.27. The summed E-state index contributed by atoms with van der Waals surface area (Å²) in [4.78, 5) is 11.9. The second-order valence-corrected chi connectivity index (χ2v) is 6.43. The highest BCUT2D eigenvalue weighted by Gasteiger charge is 2.18. The second kappa shape index (κ2) is 7.26. The molecular formula is C15H19N3O2S. The molecule has 0 aliphatic heterocycles. The Balaban J connectivity index is 1.95. The van der Waals surface area contributed by atoms with E-state index in [1.165, 1.54) is 11.8 Å². The summed E-state index contributed by atoms with van der Waals surface area (Å²) < 4.78 is 5.58. The highest BCUT2D eigenvalue weighted by molar-refractivity contribution is 8.00. The van der Waals surface area contributed by atoms with Crippen LogP contribution in [0.2, 0.25) is 0 Å². The first-order valence-electron chi connectivity index (χ1n) is 6.89. The van der Waals surface area contributed by atoms with Crippen molar-refractivity contribution in [1.82, 2.24) is 15.5 Å². The van der Waals surface area contributed by atoms with Crippen LogP contribution >= 0.6 is 11.8 Å². The van der Waals surface area contributed by atoms with E-state index in [0.717, 1.165) is 5.56 Å². The molecule has 1 atom stereocenters. The third kappa shape index (κ3) is 4.60. The molecule has 0 fully saturated rings. The lowest BCUT2D eigenvalue weighted by atomic mass is 10.2. The highest BCUT2D eigenvalue weighted by Crippen LogP contribution is 2.25. The molecule has 112 valence electrons. The van der Waals surface area contributed by atoms with Crippen LogP contribution in [0.15, 0.2) is 40.0 Å².